The SMILES string of the molecule is Cc1ccc(C2(C)CCNC2CO)s1. The number of aliphatic hydroxyl groups excluding tert-OH is 1. The molecule has 0 amide bonds. The summed E-state index contributed by atoms with van der Waals surface area (Å²) in [6.07, 6.45) is 1.12. The maximum absolute atomic E-state index is 9.31. The van der Waals surface area contributed by atoms with Gasteiger partial charge in [-0.1, -0.05) is 6.92 Å². The summed E-state index contributed by atoms with van der Waals surface area (Å²) in [6, 6.07) is 4.59. The third kappa shape index (κ3) is 1.49. The first-order chi connectivity index (χ1) is 6.66. The number of rotatable bonds is 2. The van der Waals surface area contributed by atoms with E-state index in [0.29, 0.717) is 0 Å². The van der Waals surface area contributed by atoms with Crippen LogP contribution in [0.5, 0.6) is 0 Å². The number of hydrogen-bond donors (Lipinski definition) is 2. The molecule has 0 spiro atoms. The molecule has 0 radical (unpaired) electrons. The molecule has 2 unspecified atom stereocenters. The molecular formula is C11H17NOS. The van der Waals surface area contributed by atoms with Gasteiger partial charge in [0.1, 0.15) is 0 Å². The predicted octanol–water partition coefficient (Wildman–Crippen LogP) is 1.67. The minimum atomic E-state index is 0.133. The average Bonchev–Trinajstić information content (AvgIpc) is 2.72. The van der Waals surface area contributed by atoms with Gasteiger partial charge in [-0.05, 0) is 32.0 Å². The summed E-state index contributed by atoms with van der Waals surface area (Å²) in [5, 5.41) is 12.7. The third-order valence-electron chi connectivity index (χ3n) is 3.29. The fourth-order valence-electron chi connectivity index (χ4n) is 2.21. The van der Waals surface area contributed by atoms with Crippen molar-refractivity contribution in [2.45, 2.75) is 31.7 Å². The van der Waals surface area contributed by atoms with Crippen molar-refractivity contribution in [2.24, 2.45) is 0 Å². The second kappa shape index (κ2) is 3.65. The van der Waals surface area contributed by atoms with Gasteiger partial charge in [0.2, 0.25) is 0 Å². The normalized spacial score (nSPS) is 32.4. The lowest BCUT2D eigenvalue weighted by Crippen LogP contribution is -2.40. The van der Waals surface area contributed by atoms with E-state index in [2.05, 4.69) is 31.3 Å². The van der Waals surface area contributed by atoms with Crippen molar-refractivity contribution in [3.05, 3.63) is 21.9 Å². The molecule has 0 aromatic carbocycles. The molecule has 0 bridgehead atoms. The Labute approximate surface area is 89.0 Å². The molecular weight excluding hydrogens is 194 g/mol. The van der Waals surface area contributed by atoms with Gasteiger partial charge < -0.3 is 10.4 Å². The maximum Gasteiger partial charge on any atom is 0.0593 e. The van der Waals surface area contributed by atoms with Gasteiger partial charge in [-0.15, -0.1) is 11.3 Å². The molecule has 2 nitrogen and oxygen atoms in total. The monoisotopic (exact) mass is 211 g/mol. The Bertz CT molecular complexity index is 323. The molecule has 2 N–H and O–H groups in total. The van der Waals surface area contributed by atoms with Crippen LogP contribution in [-0.4, -0.2) is 24.3 Å². The minimum absolute atomic E-state index is 0.133. The highest BCUT2D eigenvalue weighted by atomic mass is 32.1. The van der Waals surface area contributed by atoms with Crippen LogP contribution in [0, 0.1) is 6.92 Å². The van der Waals surface area contributed by atoms with E-state index in [-0.39, 0.29) is 18.1 Å². The van der Waals surface area contributed by atoms with E-state index in [0.717, 1.165) is 13.0 Å². The topological polar surface area (TPSA) is 32.3 Å². The van der Waals surface area contributed by atoms with E-state index in [1.165, 1.54) is 9.75 Å². The predicted molar refractivity (Wildman–Crippen MR) is 59.9 cm³/mol. The first-order valence-electron chi connectivity index (χ1n) is 5.08. The Balaban J connectivity index is 2.31. The largest absolute Gasteiger partial charge is 0.395 e. The second-order valence-corrected chi connectivity index (χ2v) is 5.55. The molecule has 1 aromatic heterocycles. The van der Waals surface area contributed by atoms with Crippen molar-refractivity contribution in [3.63, 3.8) is 0 Å². The first kappa shape index (κ1) is 10.1. The van der Waals surface area contributed by atoms with E-state index in [9.17, 15) is 5.11 Å². The zero-order valence-corrected chi connectivity index (χ0v) is 9.53. The molecule has 2 rings (SSSR count). The van der Waals surface area contributed by atoms with Gasteiger partial charge in [0, 0.05) is 21.2 Å². The van der Waals surface area contributed by atoms with Crippen LogP contribution in [0.3, 0.4) is 0 Å². The molecule has 1 aliphatic rings. The molecule has 0 aliphatic carbocycles. The lowest BCUT2D eigenvalue weighted by molar-refractivity contribution is 0.217. The smallest absolute Gasteiger partial charge is 0.0593 e. The Kier molecular flexibility index (Phi) is 2.64. The molecule has 14 heavy (non-hydrogen) atoms. The quantitative estimate of drug-likeness (QED) is 0.780. The van der Waals surface area contributed by atoms with Gasteiger partial charge >= 0.3 is 0 Å². The summed E-state index contributed by atoms with van der Waals surface area (Å²) >= 11 is 1.85. The fraction of sp³-hybridized carbons (Fsp3) is 0.636. The standard InChI is InChI=1S/C11H17NOS/c1-8-3-4-10(14-8)11(2)5-6-12-9(11)7-13/h3-4,9,12-13H,5-7H2,1-2H3. The molecule has 2 heterocycles. The van der Waals surface area contributed by atoms with Gasteiger partial charge in [-0.3, -0.25) is 0 Å². The summed E-state index contributed by atoms with van der Waals surface area (Å²) in [4.78, 5) is 2.75. The molecule has 1 aromatic rings. The van der Waals surface area contributed by atoms with Crippen molar-refractivity contribution in [1.29, 1.82) is 0 Å². The molecule has 1 fully saturated rings. The maximum atomic E-state index is 9.31. The average molecular weight is 211 g/mol. The number of nitrogens with one attached hydrogen (secondary N) is 1. The minimum Gasteiger partial charge on any atom is -0.395 e. The summed E-state index contributed by atoms with van der Waals surface area (Å²) < 4.78 is 0. The molecule has 0 saturated carbocycles. The van der Waals surface area contributed by atoms with Crippen LogP contribution in [0.25, 0.3) is 0 Å². The van der Waals surface area contributed by atoms with Crippen molar-refractivity contribution < 1.29 is 5.11 Å². The summed E-state index contributed by atoms with van der Waals surface area (Å²) in [5.41, 5.74) is 0.133. The van der Waals surface area contributed by atoms with E-state index < -0.39 is 0 Å². The molecule has 78 valence electrons. The van der Waals surface area contributed by atoms with Crippen LogP contribution in [0.1, 0.15) is 23.1 Å². The highest BCUT2D eigenvalue weighted by Gasteiger charge is 2.40. The number of aryl methyl sites for hydroxylation is 1. The zero-order valence-electron chi connectivity index (χ0n) is 8.71. The van der Waals surface area contributed by atoms with Crippen molar-refractivity contribution in [3.8, 4) is 0 Å². The van der Waals surface area contributed by atoms with Gasteiger partial charge in [-0.2, -0.15) is 0 Å². The molecule has 2 atom stereocenters. The first-order valence-corrected chi connectivity index (χ1v) is 5.89. The van der Waals surface area contributed by atoms with Gasteiger partial charge in [0.15, 0.2) is 0 Å². The fourth-order valence-corrected chi connectivity index (χ4v) is 3.30. The highest BCUT2D eigenvalue weighted by Crippen LogP contribution is 2.38. The molecule has 1 saturated heterocycles. The second-order valence-electron chi connectivity index (χ2n) is 4.27. The van der Waals surface area contributed by atoms with E-state index in [1.54, 1.807) is 0 Å². The van der Waals surface area contributed by atoms with Crippen LogP contribution in [-0.2, 0) is 5.41 Å². The summed E-state index contributed by atoms with van der Waals surface area (Å²) in [5.74, 6) is 0. The lowest BCUT2D eigenvalue weighted by Gasteiger charge is -2.28. The van der Waals surface area contributed by atoms with Crippen LogP contribution in [0.15, 0.2) is 12.1 Å². The van der Waals surface area contributed by atoms with E-state index in [1.807, 2.05) is 11.3 Å². The highest BCUT2D eigenvalue weighted by molar-refractivity contribution is 7.12. The van der Waals surface area contributed by atoms with Crippen LogP contribution in [0.4, 0.5) is 0 Å². The lowest BCUT2D eigenvalue weighted by atomic mass is 9.81. The number of hydrogen-bond acceptors (Lipinski definition) is 3. The Morgan fingerprint density at radius 1 is 1.64 bits per heavy atom. The summed E-state index contributed by atoms with van der Waals surface area (Å²) in [6.45, 7) is 5.62. The number of aliphatic hydroxyl groups is 1. The molecule has 3 heteroatoms. The van der Waals surface area contributed by atoms with Gasteiger partial charge in [0.05, 0.1) is 6.61 Å². The number of thiophene rings is 1. The van der Waals surface area contributed by atoms with E-state index >= 15 is 0 Å². The van der Waals surface area contributed by atoms with Crippen LogP contribution >= 0.6 is 11.3 Å². The Morgan fingerprint density at radius 3 is 3.00 bits per heavy atom. The van der Waals surface area contributed by atoms with Crippen molar-refractivity contribution in [2.75, 3.05) is 13.2 Å². The zero-order chi connectivity index (χ0) is 10.2. The Morgan fingerprint density at radius 2 is 2.43 bits per heavy atom. The van der Waals surface area contributed by atoms with Crippen molar-refractivity contribution >= 4 is 11.3 Å². The molecule has 1 aliphatic heterocycles. The van der Waals surface area contributed by atoms with E-state index in [4.69, 9.17) is 0 Å². The Hall–Kier alpha value is -0.380. The van der Waals surface area contributed by atoms with Gasteiger partial charge in [0.25, 0.3) is 0 Å². The van der Waals surface area contributed by atoms with Crippen molar-refractivity contribution in [1.82, 2.24) is 5.32 Å². The van der Waals surface area contributed by atoms with Gasteiger partial charge in [-0.25, -0.2) is 0 Å². The van der Waals surface area contributed by atoms with Crippen LogP contribution < -0.4 is 5.32 Å². The van der Waals surface area contributed by atoms with Crippen LogP contribution in [0.2, 0.25) is 0 Å². The third-order valence-corrected chi connectivity index (χ3v) is 4.57. The summed E-state index contributed by atoms with van der Waals surface area (Å²) in [7, 11) is 0.